The zero-order chi connectivity index (χ0) is 12.8. The van der Waals surface area contributed by atoms with Crippen molar-refractivity contribution in [3.05, 3.63) is 29.3 Å². The summed E-state index contributed by atoms with van der Waals surface area (Å²) in [6, 6.07) is 6.21. The van der Waals surface area contributed by atoms with E-state index in [9.17, 15) is 0 Å². The van der Waals surface area contributed by atoms with Crippen LogP contribution in [0, 0.1) is 18.8 Å². The molecule has 0 N–H and O–H groups in total. The molecule has 0 unspecified atom stereocenters. The molecule has 0 saturated heterocycles. The fourth-order valence-corrected chi connectivity index (χ4v) is 2.33. The Kier molecular flexibility index (Phi) is 4.96. The van der Waals surface area contributed by atoms with Crippen molar-refractivity contribution in [1.82, 2.24) is 0 Å². The number of benzene rings is 1. The van der Waals surface area contributed by atoms with E-state index in [0.717, 1.165) is 17.7 Å². The van der Waals surface area contributed by atoms with Crippen LogP contribution in [0.25, 0.3) is 0 Å². The smallest absolute Gasteiger partial charge is 0.135 e. The Morgan fingerprint density at radius 3 is 2.83 bits per heavy atom. The van der Waals surface area contributed by atoms with Crippen molar-refractivity contribution in [2.24, 2.45) is 0 Å². The lowest BCUT2D eigenvalue weighted by atomic mass is 10.1. The van der Waals surface area contributed by atoms with E-state index < -0.39 is 0 Å². The zero-order valence-electron chi connectivity index (χ0n) is 10.8. The maximum atomic E-state index is 6.06. The highest BCUT2D eigenvalue weighted by atomic mass is 35.5. The van der Waals surface area contributed by atoms with Crippen LogP contribution in [0.15, 0.2) is 18.2 Å². The number of halogens is 1. The topological polar surface area (TPSA) is 9.23 Å². The van der Waals surface area contributed by atoms with Crippen LogP contribution >= 0.6 is 11.6 Å². The third kappa shape index (κ3) is 3.68. The van der Waals surface area contributed by atoms with Crippen molar-refractivity contribution in [2.75, 3.05) is 5.88 Å². The fourth-order valence-electron chi connectivity index (χ4n) is 2.24. The van der Waals surface area contributed by atoms with Crippen molar-refractivity contribution in [1.29, 1.82) is 0 Å². The summed E-state index contributed by atoms with van der Waals surface area (Å²) in [7, 11) is 0. The van der Waals surface area contributed by atoms with Gasteiger partial charge in [-0.3, -0.25) is 0 Å². The van der Waals surface area contributed by atoms with Crippen LogP contribution in [0.2, 0.25) is 0 Å². The van der Waals surface area contributed by atoms with E-state index in [-0.39, 0.29) is 0 Å². The van der Waals surface area contributed by atoms with Gasteiger partial charge in [0.15, 0.2) is 0 Å². The predicted octanol–water partition coefficient (Wildman–Crippen LogP) is 4.30. The Labute approximate surface area is 114 Å². The molecule has 0 bridgehead atoms. The van der Waals surface area contributed by atoms with E-state index in [2.05, 4.69) is 30.9 Å². The lowest BCUT2D eigenvalue weighted by Gasteiger charge is -2.14. The number of hydrogen-bond donors (Lipinski definition) is 0. The van der Waals surface area contributed by atoms with Crippen molar-refractivity contribution >= 4 is 11.6 Å². The molecule has 1 aromatic rings. The van der Waals surface area contributed by atoms with Crippen LogP contribution in [-0.4, -0.2) is 12.0 Å². The Balaban J connectivity index is 2.15. The molecule has 1 nitrogen and oxygen atoms in total. The van der Waals surface area contributed by atoms with Gasteiger partial charge in [0.25, 0.3) is 0 Å². The van der Waals surface area contributed by atoms with Gasteiger partial charge in [-0.05, 0) is 50.3 Å². The summed E-state index contributed by atoms with van der Waals surface area (Å²) in [6.07, 6.45) is 6.00. The largest absolute Gasteiger partial charge is 0.489 e. The molecule has 0 aromatic heterocycles. The van der Waals surface area contributed by atoms with Crippen LogP contribution in [0.1, 0.15) is 43.2 Å². The highest BCUT2D eigenvalue weighted by molar-refractivity contribution is 6.18. The summed E-state index contributed by atoms with van der Waals surface area (Å²) >= 11 is 5.64. The minimum Gasteiger partial charge on any atom is -0.489 e. The third-order valence-electron chi connectivity index (χ3n) is 3.17. The summed E-state index contributed by atoms with van der Waals surface area (Å²) in [5, 5.41) is 0. The van der Waals surface area contributed by atoms with Crippen molar-refractivity contribution in [2.45, 2.75) is 45.1 Å². The molecule has 0 aliphatic heterocycles. The quantitative estimate of drug-likeness (QED) is 0.583. The van der Waals surface area contributed by atoms with Crippen LogP contribution in [-0.2, 0) is 0 Å². The molecule has 96 valence electrons. The normalized spacial score (nSPS) is 15.2. The van der Waals surface area contributed by atoms with Crippen LogP contribution < -0.4 is 4.74 Å². The number of aryl methyl sites for hydroxylation is 1. The molecule has 0 atom stereocenters. The average molecular weight is 263 g/mol. The van der Waals surface area contributed by atoms with Gasteiger partial charge in [-0.2, -0.15) is 0 Å². The first-order valence-electron chi connectivity index (χ1n) is 6.62. The molecule has 1 aliphatic carbocycles. The van der Waals surface area contributed by atoms with Gasteiger partial charge in [0.2, 0.25) is 0 Å². The molecule has 0 radical (unpaired) electrons. The van der Waals surface area contributed by atoms with Crippen molar-refractivity contribution in [3.63, 3.8) is 0 Å². The highest BCUT2D eigenvalue weighted by Crippen LogP contribution is 2.26. The Bertz CT molecular complexity index is 450. The summed E-state index contributed by atoms with van der Waals surface area (Å²) in [4.78, 5) is 0. The summed E-state index contributed by atoms with van der Waals surface area (Å²) < 4.78 is 6.06. The van der Waals surface area contributed by atoms with Gasteiger partial charge in [0, 0.05) is 12.3 Å². The van der Waals surface area contributed by atoms with E-state index >= 15 is 0 Å². The Hall–Kier alpha value is -1.13. The molecular weight excluding hydrogens is 244 g/mol. The monoisotopic (exact) mass is 262 g/mol. The van der Waals surface area contributed by atoms with E-state index in [0.29, 0.717) is 12.0 Å². The molecule has 0 amide bonds. The van der Waals surface area contributed by atoms with Crippen molar-refractivity contribution < 1.29 is 4.74 Å². The number of hydrogen-bond acceptors (Lipinski definition) is 1. The standard InChI is InChI=1S/C16H19ClO/c1-13-9-10-16(18-15-7-2-3-8-15)14(12-13)6-4-5-11-17/h9-10,12,15H,2-3,5,7-8,11H2,1H3. The molecule has 0 spiro atoms. The zero-order valence-corrected chi connectivity index (χ0v) is 11.6. The van der Waals surface area contributed by atoms with Crippen LogP contribution in [0.5, 0.6) is 5.75 Å². The predicted molar refractivity (Wildman–Crippen MR) is 76.3 cm³/mol. The lowest BCUT2D eigenvalue weighted by molar-refractivity contribution is 0.209. The van der Waals surface area contributed by atoms with Gasteiger partial charge < -0.3 is 4.74 Å². The summed E-state index contributed by atoms with van der Waals surface area (Å²) in [5.74, 6) is 7.76. The molecule has 2 rings (SSSR count). The molecule has 1 saturated carbocycles. The van der Waals surface area contributed by atoms with Gasteiger partial charge >= 0.3 is 0 Å². The summed E-state index contributed by atoms with van der Waals surface area (Å²) in [5.41, 5.74) is 2.20. The van der Waals surface area contributed by atoms with Crippen LogP contribution in [0.3, 0.4) is 0 Å². The Morgan fingerprint density at radius 1 is 1.33 bits per heavy atom. The van der Waals surface area contributed by atoms with Gasteiger partial charge in [0.1, 0.15) is 5.75 Å². The third-order valence-corrected chi connectivity index (χ3v) is 3.36. The maximum absolute atomic E-state index is 6.06. The first-order valence-corrected chi connectivity index (χ1v) is 7.15. The van der Waals surface area contributed by atoms with E-state index in [4.69, 9.17) is 16.3 Å². The van der Waals surface area contributed by atoms with E-state index in [1.165, 1.54) is 31.2 Å². The molecule has 1 aliphatic rings. The highest BCUT2D eigenvalue weighted by Gasteiger charge is 2.17. The second kappa shape index (κ2) is 6.71. The second-order valence-corrected chi connectivity index (χ2v) is 5.14. The molecule has 1 aromatic carbocycles. The summed E-state index contributed by atoms with van der Waals surface area (Å²) in [6.45, 7) is 2.08. The van der Waals surface area contributed by atoms with Gasteiger partial charge in [-0.15, -0.1) is 11.6 Å². The average Bonchev–Trinajstić information content (AvgIpc) is 2.86. The Morgan fingerprint density at radius 2 is 2.11 bits per heavy atom. The van der Waals surface area contributed by atoms with Gasteiger partial charge in [-0.25, -0.2) is 0 Å². The minimum absolute atomic E-state index is 0.376. The number of ether oxygens (including phenoxy) is 1. The number of rotatable bonds is 3. The van der Waals surface area contributed by atoms with Gasteiger partial charge in [0.05, 0.1) is 11.7 Å². The molecule has 1 fully saturated rings. The van der Waals surface area contributed by atoms with Crippen LogP contribution in [0.4, 0.5) is 0 Å². The lowest BCUT2D eigenvalue weighted by Crippen LogP contribution is -2.11. The molecule has 0 heterocycles. The van der Waals surface area contributed by atoms with Gasteiger partial charge in [-0.1, -0.05) is 17.9 Å². The first kappa shape index (κ1) is 13.3. The maximum Gasteiger partial charge on any atom is 0.135 e. The van der Waals surface area contributed by atoms with E-state index in [1.807, 2.05) is 6.07 Å². The molecular formula is C16H19ClO. The SMILES string of the molecule is Cc1ccc(OC2CCCC2)c(C#CCCCl)c1. The second-order valence-electron chi connectivity index (χ2n) is 4.76. The first-order chi connectivity index (χ1) is 8.79. The molecule has 2 heteroatoms. The molecule has 18 heavy (non-hydrogen) atoms. The fraction of sp³-hybridized carbons (Fsp3) is 0.500. The van der Waals surface area contributed by atoms with Crippen molar-refractivity contribution in [3.8, 4) is 17.6 Å². The van der Waals surface area contributed by atoms with E-state index in [1.54, 1.807) is 0 Å². The number of alkyl halides is 1. The minimum atomic E-state index is 0.376.